The van der Waals surface area contributed by atoms with Gasteiger partial charge in [-0.2, -0.15) is 0 Å². The number of nitrogens with zero attached hydrogens (tertiary/aromatic N) is 1. The summed E-state index contributed by atoms with van der Waals surface area (Å²) in [4.78, 5) is 40.5. The summed E-state index contributed by atoms with van der Waals surface area (Å²) >= 11 is 3.37. The summed E-state index contributed by atoms with van der Waals surface area (Å²) in [6.07, 6.45) is 0.289. The molecule has 0 N–H and O–H groups in total. The molecule has 2 amide bonds. The largest absolute Gasteiger partial charge is 0.495 e. The van der Waals surface area contributed by atoms with Crippen LogP contribution >= 0.6 is 15.9 Å². The molecule has 0 bridgehead atoms. The van der Waals surface area contributed by atoms with E-state index in [9.17, 15) is 14.4 Å². The van der Waals surface area contributed by atoms with Crippen molar-refractivity contribution >= 4 is 33.5 Å². The Hall–Kier alpha value is -2.87. The number of methoxy groups -OCH3 is 1. The maximum Gasteiger partial charge on any atom is 0.270 e. The number of ketones is 1. The number of hydrogen-bond donors (Lipinski definition) is 0. The molecule has 0 aliphatic carbocycles. The lowest BCUT2D eigenvalue weighted by atomic mass is 10.1. The summed E-state index contributed by atoms with van der Waals surface area (Å²) in [6, 6.07) is 9.86. The van der Waals surface area contributed by atoms with E-state index in [1.165, 1.54) is 7.11 Å². The zero-order valence-corrected chi connectivity index (χ0v) is 19.2. The lowest BCUT2D eigenvalue weighted by Gasteiger charge is -2.22. The maximum absolute atomic E-state index is 13.2. The fourth-order valence-electron chi connectivity index (χ4n) is 3.38. The van der Waals surface area contributed by atoms with E-state index < -0.39 is 30.2 Å². The van der Waals surface area contributed by atoms with Gasteiger partial charge >= 0.3 is 0 Å². The first kappa shape index (κ1) is 22.8. The van der Waals surface area contributed by atoms with Crippen LogP contribution in [0.5, 0.6) is 17.2 Å². The van der Waals surface area contributed by atoms with Crippen molar-refractivity contribution in [3.63, 3.8) is 0 Å². The first-order valence-electron chi connectivity index (χ1n) is 10.1. The number of hydrogen-bond acceptors (Lipinski definition) is 6. The maximum atomic E-state index is 13.2. The van der Waals surface area contributed by atoms with Crippen molar-refractivity contribution in [2.75, 3.05) is 20.3 Å². The van der Waals surface area contributed by atoms with E-state index in [1.54, 1.807) is 43.3 Å². The third-order valence-electron chi connectivity index (χ3n) is 4.88. The Labute approximate surface area is 189 Å². The van der Waals surface area contributed by atoms with E-state index in [4.69, 9.17) is 14.2 Å². The Morgan fingerprint density at radius 1 is 1.16 bits per heavy atom. The van der Waals surface area contributed by atoms with Crippen LogP contribution in [-0.4, -0.2) is 48.9 Å². The predicted molar refractivity (Wildman–Crippen MR) is 118 cm³/mol. The van der Waals surface area contributed by atoms with E-state index in [0.717, 1.165) is 4.90 Å². The van der Waals surface area contributed by atoms with Gasteiger partial charge in [0.2, 0.25) is 0 Å². The molecule has 0 fully saturated rings. The molecule has 1 aliphatic rings. The monoisotopic (exact) mass is 489 g/mol. The number of para-hydroxylation sites is 1. The van der Waals surface area contributed by atoms with Gasteiger partial charge in [-0.25, -0.2) is 0 Å². The number of benzene rings is 2. The minimum atomic E-state index is -0.834. The van der Waals surface area contributed by atoms with Crippen LogP contribution in [-0.2, 0) is 4.79 Å². The van der Waals surface area contributed by atoms with Crippen LogP contribution < -0.4 is 14.2 Å². The van der Waals surface area contributed by atoms with Gasteiger partial charge < -0.3 is 14.2 Å². The highest BCUT2D eigenvalue weighted by molar-refractivity contribution is 9.10. The highest BCUT2D eigenvalue weighted by atomic mass is 79.9. The molecule has 0 spiro atoms. The molecule has 1 heterocycles. The number of fused-ring (bicyclic) bond motifs is 1. The van der Waals surface area contributed by atoms with Crippen LogP contribution in [0, 0.1) is 0 Å². The molecular weight excluding hydrogens is 466 g/mol. The van der Waals surface area contributed by atoms with Crippen molar-refractivity contribution in [1.82, 2.24) is 4.90 Å². The number of imide groups is 1. The van der Waals surface area contributed by atoms with E-state index in [-0.39, 0.29) is 11.1 Å². The molecule has 1 atom stereocenters. The number of carbonyl (C=O) groups is 3. The van der Waals surface area contributed by atoms with Gasteiger partial charge in [0.1, 0.15) is 17.2 Å². The minimum Gasteiger partial charge on any atom is -0.495 e. The molecule has 31 heavy (non-hydrogen) atoms. The van der Waals surface area contributed by atoms with Crippen molar-refractivity contribution in [3.8, 4) is 17.2 Å². The summed E-state index contributed by atoms with van der Waals surface area (Å²) in [7, 11) is 1.51. The molecule has 1 aliphatic heterocycles. The summed E-state index contributed by atoms with van der Waals surface area (Å²) < 4.78 is 17.3. The molecule has 3 rings (SSSR count). The molecule has 0 aromatic heterocycles. The molecule has 7 nitrogen and oxygen atoms in total. The molecule has 0 saturated heterocycles. The second kappa shape index (κ2) is 9.96. The number of carbonyl (C=O) groups excluding carboxylic acids is 3. The second-order valence-corrected chi connectivity index (χ2v) is 7.81. The Morgan fingerprint density at radius 2 is 1.90 bits per heavy atom. The van der Waals surface area contributed by atoms with Crippen LogP contribution in [0.1, 0.15) is 47.4 Å². The van der Waals surface area contributed by atoms with Crippen LogP contribution in [0.4, 0.5) is 0 Å². The Balaban J connectivity index is 1.98. The molecule has 0 unspecified atom stereocenters. The topological polar surface area (TPSA) is 82.1 Å². The van der Waals surface area contributed by atoms with E-state index in [2.05, 4.69) is 15.9 Å². The fraction of sp³-hybridized carbons (Fsp3) is 0.348. The van der Waals surface area contributed by atoms with Crippen LogP contribution in [0.25, 0.3) is 0 Å². The number of halogens is 1. The summed E-state index contributed by atoms with van der Waals surface area (Å²) in [5.74, 6) is -0.337. The standard InChI is InChI=1S/C23H24BrNO6/c1-4-8-19-23(28)25(22(27)14-9-6-7-10-18(14)31-19)13-17(26)15-11-16(24)21(29-3)12-20(15)30-5-2/h6-7,9-12,19H,4-5,8,13H2,1-3H3/t19-/m0/s1. The summed E-state index contributed by atoms with van der Waals surface area (Å²) in [5, 5.41) is 0. The molecular formula is C23H24BrNO6. The molecule has 8 heteroatoms. The van der Waals surface area contributed by atoms with Gasteiger partial charge in [-0.05, 0) is 47.5 Å². The zero-order chi connectivity index (χ0) is 22.5. The van der Waals surface area contributed by atoms with Crippen LogP contribution in [0.2, 0.25) is 0 Å². The van der Waals surface area contributed by atoms with E-state index >= 15 is 0 Å². The van der Waals surface area contributed by atoms with Gasteiger partial charge in [-0.3, -0.25) is 19.3 Å². The third kappa shape index (κ3) is 4.74. The number of Topliss-reactive ketones (excluding diaryl/α,β-unsaturated/α-hetero) is 1. The van der Waals surface area contributed by atoms with Crippen molar-refractivity contribution in [2.24, 2.45) is 0 Å². The van der Waals surface area contributed by atoms with Gasteiger partial charge in [0.05, 0.1) is 35.9 Å². The highest BCUT2D eigenvalue weighted by Gasteiger charge is 2.37. The Kier molecular flexibility index (Phi) is 7.33. The second-order valence-electron chi connectivity index (χ2n) is 6.96. The van der Waals surface area contributed by atoms with Gasteiger partial charge in [-0.1, -0.05) is 25.5 Å². The average molecular weight is 490 g/mol. The number of amides is 2. The van der Waals surface area contributed by atoms with Crippen molar-refractivity contribution in [3.05, 3.63) is 52.0 Å². The molecule has 0 saturated carbocycles. The smallest absolute Gasteiger partial charge is 0.270 e. The van der Waals surface area contributed by atoms with Crippen molar-refractivity contribution in [1.29, 1.82) is 0 Å². The third-order valence-corrected chi connectivity index (χ3v) is 5.50. The van der Waals surface area contributed by atoms with E-state index in [0.29, 0.717) is 41.2 Å². The number of ether oxygens (including phenoxy) is 3. The molecule has 0 radical (unpaired) electrons. The van der Waals surface area contributed by atoms with Gasteiger partial charge in [-0.15, -0.1) is 0 Å². The molecule has 164 valence electrons. The van der Waals surface area contributed by atoms with Gasteiger partial charge in [0, 0.05) is 6.07 Å². The first-order valence-corrected chi connectivity index (χ1v) is 10.8. The zero-order valence-electron chi connectivity index (χ0n) is 17.6. The molecule has 2 aromatic rings. The Bertz CT molecular complexity index is 1010. The first-order chi connectivity index (χ1) is 14.9. The van der Waals surface area contributed by atoms with Crippen LogP contribution in [0.15, 0.2) is 40.9 Å². The van der Waals surface area contributed by atoms with Crippen molar-refractivity contribution in [2.45, 2.75) is 32.8 Å². The van der Waals surface area contributed by atoms with E-state index in [1.807, 2.05) is 6.92 Å². The Morgan fingerprint density at radius 3 is 2.58 bits per heavy atom. The van der Waals surface area contributed by atoms with Crippen LogP contribution in [0.3, 0.4) is 0 Å². The lowest BCUT2D eigenvalue weighted by Crippen LogP contribution is -2.45. The summed E-state index contributed by atoms with van der Waals surface area (Å²) in [6.45, 7) is 3.64. The quantitative estimate of drug-likeness (QED) is 0.406. The van der Waals surface area contributed by atoms with Gasteiger partial charge in [0.15, 0.2) is 11.9 Å². The minimum absolute atomic E-state index is 0.251. The molecule has 2 aromatic carbocycles. The SMILES string of the molecule is CCC[C@@H]1Oc2ccccc2C(=O)N(CC(=O)c2cc(Br)c(OC)cc2OCC)C1=O. The normalized spacial score (nSPS) is 15.7. The van der Waals surface area contributed by atoms with Crippen molar-refractivity contribution < 1.29 is 28.6 Å². The average Bonchev–Trinajstić information content (AvgIpc) is 2.86. The predicted octanol–water partition coefficient (Wildman–Crippen LogP) is 4.27. The lowest BCUT2D eigenvalue weighted by molar-refractivity contribution is -0.135. The fourth-order valence-corrected chi connectivity index (χ4v) is 3.88. The summed E-state index contributed by atoms with van der Waals surface area (Å²) in [5.41, 5.74) is 0.504. The number of rotatable bonds is 8. The van der Waals surface area contributed by atoms with Gasteiger partial charge in [0.25, 0.3) is 11.8 Å². The highest BCUT2D eigenvalue weighted by Crippen LogP contribution is 2.34.